The van der Waals surface area contributed by atoms with Crippen molar-refractivity contribution in [3.8, 4) is 11.4 Å². The molecule has 1 aliphatic carbocycles. The molecule has 1 aliphatic rings. The Morgan fingerprint density at radius 3 is 2.37 bits per heavy atom. The van der Waals surface area contributed by atoms with Gasteiger partial charge in [0.15, 0.2) is 10.6 Å². The molecule has 1 fully saturated rings. The fraction of sp³-hybridized carbons (Fsp3) is 0.389. The first-order chi connectivity index (χ1) is 12.8. The van der Waals surface area contributed by atoms with Gasteiger partial charge in [-0.25, -0.2) is 4.68 Å². The highest BCUT2D eigenvalue weighted by atomic mass is 35.5. The Balaban J connectivity index is 0.000000253. The van der Waals surface area contributed by atoms with Crippen LogP contribution in [-0.4, -0.2) is 35.2 Å². The maximum atomic E-state index is 7.96. The van der Waals surface area contributed by atoms with Gasteiger partial charge in [-0.05, 0) is 50.5 Å². The highest BCUT2D eigenvalue weighted by molar-refractivity contribution is 6.29. The van der Waals surface area contributed by atoms with Crippen LogP contribution in [0.1, 0.15) is 36.9 Å². The topological polar surface area (TPSA) is 101 Å². The molecule has 0 atom stereocenters. The zero-order valence-electron chi connectivity index (χ0n) is 15.9. The molecule has 0 radical (unpaired) electrons. The zero-order chi connectivity index (χ0) is 19.7. The summed E-state index contributed by atoms with van der Waals surface area (Å²) >= 11 is 5.43. The van der Waals surface area contributed by atoms with Gasteiger partial charge in [-0.2, -0.15) is 15.3 Å². The summed E-state index contributed by atoms with van der Waals surface area (Å²) in [6.45, 7) is 3.50. The third-order valence-electron chi connectivity index (χ3n) is 4.30. The molecule has 0 amide bonds. The van der Waals surface area contributed by atoms with Gasteiger partial charge in [-0.1, -0.05) is 11.6 Å². The van der Waals surface area contributed by atoms with E-state index in [4.69, 9.17) is 22.4 Å². The second kappa shape index (κ2) is 7.48. The Morgan fingerprint density at radius 1 is 1.19 bits per heavy atom. The Hall–Kier alpha value is -2.74. The molecule has 0 aliphatic heterocycles. The number of hydrogen-bond donors (Lipinski definition) is 2. The number of rotatable bonds is 2. The zero-order valence-corrected chi connectivity index (χ0v) is 16.6. The Bertz CT molecular complexity index is 1020. The van der Waals surface area contributed by atoms with Crippen molar-refractivity contribution in [2.75, 3.05) is 0 Å². The Morgan fingerprint density at radius 2 is 1.89 bits per heavy atom. The number of aryl methyl sites for hydroxylation is 3. The summed E-state index contributed by atoms with van der Waals surface area (Å²) in [5.74, 6) is 0.840. The summed E-state index contributed by atoms with van der Waals surface area (Å²) in [6, 6.07) is 5.70. The molecule has 0 spiro atoms. The number of hydrogen-bond acceptors (Lipinski definition) is 5. The molecule has 1 saturated carbocycles. The van der Waals surface area contributed by atoms with Crippen LogP contribution in [0.15, 0.2) is 24.4 Å². The van der Waals surface area contributed by atoms with Crippen LogP contribution in [0.3, 0.4) is 0 Å². The minimum atomic E-state index is 0.240. The van der Waals surface area contributed by atoms with Gasteiger partial charge in [0, 0.05) is 26.2 Å². The lowest BCUT2D eigenvalue weighted by Crippen LogP contribution is -2.29. The third kappa shape index (κ3) is 4.33. The standard InChI is InChI=1S/C14H18N6.C4H5ClN2/c1-8-6-12(18-20(9(2)15)14(8)16)13-7-11(10-4-5-10)17-19(13)3;1-7-3-2-4(5)6-7/h6-7,10,15-16H,4-5H2,1-3H3;2-3H,1H3. The lowest BCUT2D eigenvalue weighted by atomic mass is 10.2. The highest BCUT2D eigenvalue weighted by Crippen LogP contribution is 2.40. The summed E-state index contributed by atoms with van der Waals surface area (Å²) in [5.41, 5.74) is 3.87. The molecular weight excluding hydrogens is 364 g/mol. The van der Waals surface area contributed by atoms with Crippen molar-refractivity contribution in [3.63, 3.8) is 0 Å². The van der Waals surface area contributed by atoms with E-state index in [1.807, 2.05) is 31.8 Å². The van der Waals surface area contributed by atoms with E-state index < -0.39 is 0 Å². The number of halogens is 1. The first-order valence-electron chi connectivity index (χ1n) is 8.67. The van der Waals surface area contributed by atoms with Crippen molar-refractivity contribution >= 4 is 17.4 Å². The fourth-order valence-electron chi connectivity index (χ4n) is 2.69. The van der Waals surface area contributed by atoms with Crippen molar-refractivity contribution in [2.45, 2.75) is 32.6 Å². The van der Waals surface area contributed by atoms with Gasteiger partial charge in [0.25, 0.3) is 0 Å². The van der Waals surface area contributed by atoms with E-state index in [1.165, 1.54) is 17.5 Å². The van der Waals surface area contributed by atoms with Gasteiger partial charge in [0.1, 0.15) is 11.5 Å². The third-order valence-corrected chi connectivity index (χ3v) is 4.50. The number of nitrogens with zero attached hydrogens (tertiary/aromatic N) is 6. The van der Waals surface area contributed by atoms with Crippen molar-refractivity contribution in [1.82, 2.24) is 29.3 Å². The van der Waals surface area contributed by atoms with Crippen LogP contribution in [0.2, 0.25) is 5.15 Å². The van der Waals surface area contributed by atoms with Gasteiger partial charge in [-0.3, -0.25) is 20.2 Å². The molecule has 0 bridgehead atoms. The molecule has 3 heterocycles. The van der Waals surface area contributed by atoms with Gasteiger partial charge in [0.05, 0.1) is 11.4 Å². The summed E-state index contributed by atoms with van der Waals surface area (Å²) in [5, 5.41) is 29.0. The van der Waals surface area contributed by atoms with E-state index in [-0.39, 0.29) is 11.3 Å². The maximum absolute atomic E-state index is 7.96. The lowest BCUT2D eigenvalue weighted by Gasteiger charge is -2.08. The lowest BCUT2D eigenvalue weighted by molar-refractivity contribution is 0.738. The summed E-state index contributed by atoms with van der Waals surface area (Å²) in [4.78, 5) is 0. The van der Waals surface area contributed by atoms with E-state index in [0.717, 1.165) is 22.6 Å². The largest absolute Gasteiger partial charge is 0.287 e. The second-order valence-electron chi connectivity index (χ2n) is 6.72. The molecule has 8 nitrogen and oxygen atoms in total. The van der Waals surface area contributed by atoms with Gasteiger partial charge in [-0.15, -0.1) is 0 Å². The van der Waals surface area contributed by atoms with Gasteiger partial charge >= 0.3 is 0 Å². The molecular formula is C18H23ClN8. The molecule has 3 aromatic rings. The minimum absolute atomic E-state index is 0.240. The van der Waals surface area contributed by atoms with Crippen LogP contribution >= 0.6 is 11.6 Å². The van der Waals surface area contributed by atoms with Crippen LogP contribution in [0.4, 0.5) is 0 Å². The molecule has 0 aromatic carbocycles. The van der Waals surface area contributed by atoms with Crippen LogP contribution in [0.5, 0.6) is 0 Å². The molecule has 3 aromatic heterocycles. The van der Waals surface area contributed by atoms with Crippen LogP contribution in [0.25, 0.3) is 11.4 Å². The number of aromatic nitrogens is 6. The van der Waals surface area contributed by atoms with E-state index in [0.29, 0.717) is 11.1 Å². The quantitative estimate of drug-likeness (QED) is 0.523. The van der Waals surface area contributed by atoms with Crippen LogP contribution < -0.4 is 5.49 Å². The smallest absolute Gasteiger partial charge is 0.151 e. The van der Waals surface area contributed by atoms with E-state index in [9.17, 15) is 0 Å². The van der Waals surface area contributed by atoms with Crippen molar-refractivity contribution in [1.29, 1.82) is 10.8 Å². The Kier molecular flexibility index (Phi) is 5.27. The minimum Gasteiger partial charge on any atom is -0.287 e. The van der Waals surface area contributed by atoms with Crippen LogP contribution in [-0.2, 0) is 14.1 Å². The summed E-state index contributed by atoms with van der Waals surface area (Å²) in [7, 11) is 3.74. The average molecular weight is 387 g/mol. The number of nitrogens with one attached hydrogen (secondary N) is 2. The first-order valence-corrected chi connectivity index (χ1v) is 9.04. The summed E-state index contributed by atoms with van der Waals surface area (Å²) in [6.07, 6.45) is 4.23. The van der Waals surface area contributed by atoms with Crippen LogP contribution in [0, 0.1) is 17.7 Å². The van der Waals surface area contributed by atoms with E-state index in [2.05, 4.69) is 21.4 Å². The molecule has 9 heteroatoms. The summed E-state index contributed by atoms with van der Waals surface area (Å²) < 4.78 is 4.85. The monoisotopic (exact) mass is 386 g/mol. The molecule has 4 rings (SSSR count). The molecule has 0 saturated heterocycles. The SMILES string of the molecule is CC(=N)n1nc(-c2cc(C3CC3)nn2C)cc(C)c1=N.Cn1ccc(Cl)n1. The van der Waals surface area contributed by atoms with E-state index in [1.54, 1.807) is 23.9 Å². The molecule has 0 unspecified atom stereocenters. The maximum Gasteiger partial charge on any atom is 0.151 e. The van der Waals surface area contributed by atoms with E-state index >= 15 is 0 Å². The fourth-order valence-corrected chi connectivity index (χ4v) is 2.87. The van der Waals surface area contributed by atoms with Gasteiger partial charge < -0.3 is 0 Å². The Labute approximate surface area is 162 Å². The molecule has 142 valence electrons. The highest BCUT2D eigenvalue weighted by Gasteiger charge is 2.27. The second-order valence-corrected chi connectivity index (χ2v) is 7.11. The van der Waals surface area contributed by atoms with Crippen molar-refractivity contribution in [2.24, 2.45) is 14.1 Å². The first kappa shape index (κ1) is 19.0. The average Bonchev–Trinajstić information content (AvgIpc) is 3.28. The van der Waals surface area contributed by atoms with Gasteiger partial charge in [0.2, 0.25) is 0 Å². The molecule has 2 N–H and O–H groups in total. The predicted molar refractivity (Wildman–Crippen MR) is 104 cm³/mol. The normalized spacial score (nSPS) is 13.2. The van der Waals surface area contributed by atoms with Crippen molar-refractivity contribution in [3.05, 3.63) is 46.3 Å². The predicted octanol–water partition coefficient (Wildman–Crippen LogP) is 2.87. The molecule has 27 heavy (non-hydrogen) atoms. The van der Waals surface area contributed by atoms with Crippen molar-refractivity contribution < 1.29 is 0 Å².